The Balaban J connectivity index is 0.000000511. The predicted molar refractivity (Wildman–Crippen MR) is 67.6 cm³/mol. The zero-order chi connectivity index (χ0) is 10.9. The van der Waals surface area contributed by atoms with E-state index in [1.807, 2.05) is 20.3 Å². The predicted octanol–water partition coefficient (Wildman–Crippen LogP) is 4.78. The smallest absolute Gasteiger partial charge is 0.335 e. The molecule has 0 unspecified atom stereocenters. The van der Waals surface area contributed by atoms with Crippen molar-refractivity contribution in [2.75, 3.05) is 0 Å². The fourth-order valence-electron chi connectivity index (χ4n) is 1.95. The summed E-state index contributed by atoms with van der Waals surface area (Å²) >= 11 is 0. The third-order valence-corrected chi connectivity index (χ3v) is 2.65. The Morgan fingerprint density at radius 1 is 1.12 bits per heavy atom. The van der Waals surface area contributed by atoms with Crippen LogP contribution >= 0.6 is 0 Å². The van der Waals surface area contributed by atoms with E-state index >= 15 is 0 Å². The van der Waals surface area contributed by atoms with E-state index in [0.717, 1.165) is 5.92 Å². The Kier molecular flexibility index (Phi) is 9.93. The molecular formula is C15H22Zn. The largest absolute Gasteiger partial charge is 2.00 e. The van der Waals surface area contributed by atoms with Gasteiger partial charge in [0.1, 0.15) is 0 Å². The van der Waals surface area contributed by atoms with Crippen LogP contribution in [0.2, 0.25) is 0 Å². The topological polar surface area (TPSA) is 0 Å². The second-order valence-electron chi connectivity index (χ2n) is 4.11. The van der Waals surface area contributed by atoms with Crippen LogP contribution in [0.4, 0.5) is 0 Å². The van der Waals surface area contributed by atoms with Gasteiger partial charge in [-0.25, -0.2) is 0 Å². The molecule has 1 aliphatic carbocycles. The summed E-state index contributed by atoms with van der Waals surface area (Å²) in [6.07, 6.45) is 9.92. The number of rotatable bonds is 1. The standard InChI is InChI=1S/C12H15.C3H7.Zn/c1-3-7-11(8-4-1)12-9-5-2-6-10-12;1-3-2;/h1,3-4,7-9,12H,2,5-6,10H2;3H,1-2H3;/q2*-1;+2/t12-;;/m1../s1. The second-order valence-corrected chi connectivity index (χ2v) is 4.11. The van der Waals surface area contributed by atoms with E-state index in [4.69, 9.17) is 0 Å². The molecule has 0 saturated heterocycles. The summed E-state index contributed by atoms with van der Waals surface area (Å²) in [7, 11) is 0. The Morgan fingerprint density at radius 2 is 1.75 bits per heavy atom. The van der Waals surface area contributed by atoms with Crippen LogP contribution in [0, 0.1) is 12.8 Å². The van der Waals surface area contributed by atoms with Gasteiger partial charge in [0.2, 0.25) is 0 Å². The monoisotopic (exact) mass is 266 g/mol. The Hall–Kier alpha value is -0.157. The van der Waals surface area contributed by atoms with Gasteiger partial charge in [-0.3, -0.25) is 0 Å². The first-order valence-electron chi connectivity index (χ1n) is 6.00. The number of hydrogen-bond acceptors (Lipinski definition) is 0. The third-order valence-electron chi connectivity index (χ3n) is 2.65. The maximum atomic E-state index is 2.47. The van der Waals surface area contributed by atoms with Crippen LogP contribution in [-0.2, 0) is 19.5 Å². The maximum absolute atomic E-state index is 2.47. The molecule has 0 bridgehead atoms. The van der Waals surface area contributed by atoms with Crippen molar-refractivity contribution in [2.45, 2.75) is 45.4 Å². The summed E-state index contributed by atoms with van der Waals surface area (Å²) in [6.45, 7) is 4.00. The summed E-state index contributed by atoms with van der Waals surface area (Å²) in [5, 5.41) is 0. The van der Waals surface area contributed by atoms with Gasteiger partial charge in [0.15, 0.2) is 0 Å². The van der Waals surface area contributed by atoms with E-state index in [0.29, 0.717) is 0 Å². The van der Waals surface area contributed by atoms with Crippen molar-refractivity contribution in [3.63, 3.8) is 0 Å². The van der Waals surface area contributed by atoms with Gasteiger partial charge in [-0.2, -0.15) is 20.3 Å². The average Bonchev–Trinajstić information content (AvgIpc) is 2.32. The second kappa shape index (κ2) is 10.0. The van der Waals surface area contributed by atoms with Crippen LogP contribution in [0.15, 0.2) is 30.3 Å². The molecule has 1 aliphatic rings. The van der Waals surface area contributed by atoms with Gasteiger partial charge in [-0.1, -0.05) is 55.2 Å². The van der Waals surface area contributed by atoms with Gasteiger partial charge in [0.05, 0.1) is 0 Å². The molecular weight excluding hydrogens is 246 g/mol. The molecule has 0 aliphatic heterocycles. The van der Waals surface area contributed by atoms with Gasteiger partial charge in [0, 0.05) is 0 Å². The van der Waals surface area contributed by atoms with Gasteiger partial charge in [-0.15, -0.1) is 5.92 Å². The van der Waals surface area contributed by atoms with Gasteiger partial charge in [0.25, 0.3) is 0 Å². The number of hydrogen-bond donors (Lipinski definition) is 0. The van der Waals surface area contributed by atoms with Crippen molar-refractivity contribution < 1.29 is 19.5 Å². The number of benzene rings is 1. The fourth-order valence-corrected chi connectivity index (χ4v) is 1.95. The molecule has 0 aromatic heterocycles. The first-order valence-corrected chi connectivity index (χ1v) is 6.00. The molecule has 0 heterocycles. The van der Waals surface area contributed by atoms with Crippen molar-refractivity contribution in [2.24, 2.45) is 0 Å². The van der Waals surface area contributed by atoms with E-state index < -0.39 is 0 Å². The Labute approximate surface area is 114 Å². The molecule has 84 valence electrons. The van der Waals surface area contributed by atoms with E-state index in [-0.39, 0.29) is 19.5 Å². The Morgan fingerprint density at radius 3 is 2.25 bits per heavy atom. The summed E-state index contributed by atoms with van der Waals surface area (Å²) in [5.41, 5.74) is 1.50. The summed E-state index contributed by atoms with van der Waals surface area (Å²) in [4.78, 5) is 0. The molecule has 0 amide bonds. The van der Waals surface area contributed by atoms with Crippen LogP contribution in [-0.4, -0.2) is 0 Å². The van der Waals surface area contributed by atoms with E-state index in [9.17, 15) is 0 Å². The van der Waals surface area contributed by atoms with Gasteiger partial charge in [-0.05, 0) is 0 Å². The fraction of sp³-hybridized carbons (Fsp3) is 0.467. The summed E-state index contributed by atoms with van der Waals surface area (Å²) in [6, 6.07) is 10.8. The summed E-state index contributed by atoms with van der Waals surface area (Å²) in [5.74, 6) is 0.736. The molecule has 0 nitrogen and oxygen atoms in total. The Bertz CT molecular complexity index is 237. The van der Waals surface area contributed by atoms with E-state index in [1.165, 1.54) is 31.2 Å². The molecule has 1 atom stereocenters. The molecule has 0 radical (unpaired) electrons. The maximum Gasteiger partial charge on any atom is 2.00 e. The molecule has 1 heteroatoms. The first-order chi connectivity index (χ1) is 7.38. The zero-order valence-corrected chi connectivity index (χ0v) is 13.6. The van der Waals surface area contributed by atoms with Crippen LogP contribution in [0.25, 0.3) is 0 Å². The van der Waals surface area contributed by atoms with Crippen molar-refractivity contribution in [1.29, 1.82) is 0 Å². The molecule has 1 fully saturated rings. The molecule has 1 aromatic carbocycles. The minimum Gasteiger partial charge on any atom is -0.335 e. The molecule has 16 heavy (non-hydrogen) atoms. The normalized spacial score (nSPS) is 19.0. The first kappa shape index (κ1) is 15.8. The van der Waals surface area contributed by atoms with Gasteiger partial charge >= 0.3 is 19.5 Å². The van der Waals surface area contributed by atoms with Gasteiger partial charge < -0.3 is 12.8 Å². The zero-order valence-electron chi connectivity index (χ0n) is 10.7. The molecule has 1 saturated carbocycles. The minimum absolute atomic E-state index is 0. The van der Waals surface area contributed by atoms with E-state index in [1.54, 1.807) is 0 Å². The third kappa shape index (κ3) is 5.80. The van der Waals surface area contributed by atoms with Crippen molar-refractivity contribution in [3.8, 4) is 0 Å². The van der Waals surface area contributed by atoms with Crippen molar-refractivity contribution >= 4 is 0 Å². The molecule has 0 spiro atoms. The van der Waals surface area contributed by atoms with Crippen molar-refractivity contribution in [3.05, 3.63) is 48.7 Å². The summed E-state index contributed by atoms with van der Waals surface area (Å²) < 4.78 is 0. The quantitative estimate of drug-likeness (QED) is 0.508. The minimum atomic E-state index is 0. The SMILES string of the molecule is C[CH-]C.[Zn+2].c1ccc([C@@H]2[CH-]CCCC2)cc1. The average molecular weight is 268 g/mol. The molecule has 1 aromatic rings. The van der Waals surface area contributed by atoms with E-state index in [2.05, 4.69) is 36.8 Å². The van der Waals surface area contributed by atoms with Crippen LogP contribution in [0.1, 0.15) is 51.0 Å². The van der Waals surface area contributed by atoms with Crippen LogP contribution in [0.5, 0.6) is 0 Å². The van der Waals surface area contributed by atoms with Crippen molar-refractivity contribution in [1.82, 2.24) is 0 Å². The van der Waals surface area contributed by atoms with Crippen LogP contribution < -0.4 is 0 Å². The molecule has 0 N–H and O–H groups in total. The van der Waals surface area contributed by atoms with Crippen LogP contribution in [0.3, 0.4) is 0 Å². The molecule has 2 rings (SSSR count).